The van der Waals surface area contributed by atoms with Crippen LogP contribution >= 0.6 is 11.3 Å². The quantitative estimate of drug-likeness (QED) is 0.769. The molecule has 1 aliphatic heterocycles. The summed E-state index contributed by atoms with van der Waals surface area (Å²) in [5.41, 5.74) is 1.16. The topological polar surface area (TPSA) is 86.7 Å². The van der Waals surface area contributed by atoms with Gasteiger partial charge in [0.1, 0.15) is 4.21 Å². The van der Waals surface area contributed by atoms with Gasteiger partial charge in [-0.3, -0.25) is 4.79 Å². The number of anilines is 1. The number of carboxylic acid groups (broad SMARTS) is 1. The van der Waals surface area contributed by atoms with E-state index < -0.39 is 16.0 Å². The largest absolute Gasteiger partial charge is 0.481 e. The molecule has 0 aliphatic carbocycles. The molecule has 1 aromatic heterocycles. The van der Waals surface area contributed by atoms with E-state index in [1.807, 2.05) is 18.2 Å². The standard InChI is InChI=1S/C17H20N2O4S2/c20-16(21)10-15-6-7-17(24-15)25(22,23)18-11-13-8-9-19(12-13)14-4-2-1-3-5-14/h1-7,13,18H,8-12H2,(H,20,21). The molecule has 2 heterocycles. The molecule has 1 aromatic carbocycles. The first-order chi connectivity index (χ1) is 11.9. The van der Waals surface area contributed by atoms with Crippen molar-refractivity contribution in [1.82, 2.24) is 4.72 Å². The first-order valence-electron chi connectivity index (χ1n) is 8.04. The monoisotopic (exact) mass is 380 g/mol. The van der Waals surface area contributed by atoms with Crippen LogP contribution in [-0.4, -0.2) is 39.1 Å². The fourth-order valence-electron chi connectivity index (χ4n) is 2.92. The maximum Gasteiger partial charge on any atom is 0.308 e. The van der Waals surface area contributed by atoms with Crippen LogP contribution in [0.25, 0.3) is 0 Å². The third-order valence-electron chi connectivity index (χ3n) is 4.20. The summed E-state index contributed by atoms with van der Waals surface area (Å²) in [4.78, 5) is 13.5. The molecule has 3 rings (SSSR count). The van der Waals surface area contributed by atoms with Gasteiger partial charge in [-0.05, 0) is 36.6 Å². The van der Waals surface area contributed by atoms with Gasteiger partial charge >= 0.3 is 5.97 Å². The molecule has 25 heavy (non-hydrogen) atoms. The molecule has 6 nitrogen and oxygen atoms in total. The number of aliphatic carboxylic acids is 1. The van der Waals surface area contributed by atoms with Gasteiger partial charge in [0, 0.05) is 30.2 Å². The van der Waals surface area contributed by atoms with Crippen molar-refractivity contribution < 1.29 is 18.3 Å². The number of hydrogen-bond donors (Lipinski definition) is 2. The number of thiophene rings is 1. The smallest absolute Gasteiger partial charge is 0.308 e. The fraction of sp³-hybridized carbons (Fsp3) is 0.353. The predicted octanol–water partition coefficient (Wildman–Crippen LogP) is 2.18. The Labute approximate surface area is 151 Å². The minimum absolute atomic E-state index is 0.158. The predicted molar refractivity (Wildman–Crippen MR) is 97.6 cm³/mol. The van der Waals surface area contributed by atoms with Gasteiger partial charge in [-0.2, -0.15) is 0 Å². The van der Waals surface area contributed by atoms with Crippen LogP contribution in [0.4, 0.5) is 5.69 Å². The first-order valence-corrected chi connectivity index (χ1v) is 10.3. The highest BCUT2D eigenvalue weighted by molar-refractivity contribution is 7.91. The normalized spacial score (nSPS) is 17.8. The SMILES string of the molecule is O=C(O)Cc1ccc(S(=O)(=O)NCC2CCN(c3ccccc3)C2)s1. The summed E-state index contributed by atoms with van der Waals surface area (Å²) < 4.78 is 27.6. The first kappa shape index (κ1) is 17.9. The Bertz CT molecular complexity index is 833. The molecule has 0 saturated carbocycles. The zero-order valence-corrected chi connectivity index (χ0v) is 15.2. The summed E-state index contributed by atoms with van der Waals surface area (Å²) in [6.45, 7) is 2.12. The van der Waals surface area contributed by atoms with E-state index in [1.54, 1.807) is 6.07 Å². The molecular weight excluding hydrogens is 360 g/mol. The molecule has 0 radical (unpaired) electrons. The minimum Gasteiger partial charge on any atom is -0.481 e. The van der Waals surface area contributed by atoms with Crippen LogP contribution in [-0.2, 0) is 21.2 Å². The van der Waals surface area contributed by atoms with Crippen molar-refractivity contribution in [3.8, 4) is 0 Å². The van der Waals surface area contributed by atoms with Crippen LogP contribution in [0, 0.1) is 5.92 Å². The molecule has 0 amide bonds. The zero-order valence-electron chi connectivity index (χ0n) is 13.6. The average molecular weight is 380 g/mol. The van der Waals surface area contributed by atoms with Crippen LogP contribution in [0.2, 0.25) is 0 Å². The zero-order chi connectivity index (χ0) is 17.9. The molecule has 8 heteroatoms. The lowest BCUT2D eigenvalue weighted by Crippen LogP contribution is -2.30. The maximum absolute atomic E-state index is 12.4. The molecular formula is C17H20N2O4S2. The van der Waals surface area contributed by atoms with Gasteiger partial charge in [0.15, 0.2) is 0 Å². The summed E-state index contributed by atoms with van der Waals surface area (Å²) in [5, 5.41) is 8.78. The minimum atomic E-state index is -3.59. The molecule has 2 N–H and O–H groups in total. The van der Waals surface area contributed by atoms with E-state index in [0.29, 0.717) is 11.4 Å². The van der Waals surface area contributed by atoms with E-state index in [4.69, 9.17) is 5.11 Å². The van der Waals surface area contributed by atoms with Crippen LogP contribution in [0.1, 0.15) is 11.3 Å². The Hall–Kier alpha value is -1.90. The lowest BCUT2D eigenvalue weighted by atomic mass is 10.1. The highest BCUT2D eigenvalue weighted by Gasteiger charge is 2.25. The summed E-state index contributed by atoms with van der Waals surface area (Å²) >= 11 is 1.01. The summed E-state index contributed by atoms with van der Waals surface area (Å²) in [6.07, 6.45) is 0.779. The van der Waals surface area contributed by atoms with Crippen LogP contribution in [0.5, 0.6) is 0 Å². The summed E-state index contributed by atoms with van der Waals surface area (Å²) in [7, 11) is -3.59. The van der Waals surface area contributed by atoms with E-state index in [-0.39, 0.29) is 16.5 Å². The number of benzene rings is 1. The second kappa shape index (κ2) is 7.55. The number of carbonyl (C=O) groups is 1. The lowest BCUT2D eigenvalue weighted by Gasteiger charge is -2.18. The Morgan fingerprint density at radius 2 is 2.00 bits per heavy atom. The maximum atomic E-state index is 12.4. The molecule has 1 aliphatic rings. The molecule has 1 atom stereocenters. The van der Waals surface area contributed by atoms with Gasteiger partial charge in [-0.1, -0.05) is 18.2 Å². The van der Waals surface area contributed by atoms with Crippen molar-refractivity contribution in [3.05, 3.63) is 47.3 Å². The van der Waals surface area contributed by atoms with Crippen molar-refractivity contribution in [1.29, 1.82) is 0 Å². The Morgan fingerprint density at radius 3 is 2.72 bits per heavy atom. The number of carboxylic acids is 1. The van der Waals surface area contributed by atoms with E-state index in [2.05, 4.69) is 21.8 Å². The van der Waals surface area contributed by atoms with Crippen molar-refractivity contribution in [2.45, 2.75) is 17.1 Å². The fourth-order valence-corrected chi connectivity index (χ4v) is 5.43. The number of nitrogens with zero attached hydrogens (tertiary/aromatic N) is 1. The molecule has 134 valence electrons. The van der Waals surface area contributed by atoms with E-state index in [1.165, 1.54) is 6.07 Å². The number of para-hydroxylation sites is 1. The molecule has 0 spiro atoms. The van der Waals surface area contributed by atoms with Crippen LogP contribution in [0.3, 0.4) is 0 Å². The van der Waals surface area contributed by atoms with E-state index in [0.717, 1.165) is 36.5 Å². The number of sulfonamides is 1. The van der Waals surface area contributed by atoms with Gasteiger partial charge in [0.05, 0.1) is 6.42 Å². The third-order valence-corrected chi connectivity index (χ3v) is 7.20. The molecule has 1 unspecified atom stereocenters. The average Bonchev–Trinajstić information content (AvgIpc) is 3.23. The van der Waals surface area contributed by atoms with E-state index in [9.17, 15) is 13.2 Å². The third kappa shape index (κ3) is 4.59. The van der Waals surface area contributed by atoms with Gasteiger partial charge in [0.25, 0.3) is 0 Å². The lowest BCUT2D eigenvalue weighted by molar-refractivity contribution is -0.136. The summed E-state index contributed by atoms with van der Waals surface area (Å²) in [6, 6.07) is 13.1. The Balaban J connectivity index is 1.56. The van der Waals surface area contributed by atoms with Crippen molar-refractivity contribution in [2.24, 2.45) is 5.92 Å². The summed E-state index contributed by atoms with van der Waals surface area (Å²) in [5.74, 6) is -0.709. The second-order valence-corrected chi connectivity index (χ2v) is 9.24. The molecule has 1 saturated heterocycles. The molecule has 0 bridgehead atoms. The van der Waals surface area contributed by atoms with Crippen molar-refractivity contribution in [2.75, 3.05) is 24.5 Å². The Kier molecular flexibility index (Phi) is 5.41. The van der Waals surface area contributed by atoms with Crippen molar-refractivity contribution >= 4 is 33.0 Å². The van der Waals surface area contributed by atoms with Gasteiger partial charge < -0.3 is 10.0 Å². The number of rotatable bonds is 7. The molecule has 1 fully saturated rings. The van der Waals surface area contributed by atoms with E-state index >= 15 is 0 Å². The van der Waals surface area contributed by atoms with Crippen LogP contribution in [0.15, 0.2) is 46.7 Å². The van der Waals surface area contributed by atoms with Gasteiger partial charge in [-0.15, -0.1) is 11.3 Å². The molecule has 2 aromatic rings. The second-order valence-electron chi connectivity index (χ2n) is 6.08. The van der Waals surface area contributed by atoms with Crippen molar-refractivity contribution in [3.63, 3.8) is 0 Å². The Morgan fingerprint density at radius 1 is 1.24 bits per heavy atom. The van der Waals surface area contributed by atoms with Gasteiger partial charge in [-0.25, -0.2) is 13.1 Å². The van der Waals surface area contributed by atoms with Gasteiger partial charge in [0.2, 0.25) is 10.0 Å². The highest BCUT2D eigenvalue weighted by atomic mass is 32.2. The number of hydrogen-bond acceptors (Lipinski definition) is 5. The number of nitrogens with one attached hydrogen (secondary N) is 1. The van der Waals surface area contributed by atoms with Crippen LogP contribution < -0.4 is 9.62 Å². The highest BCUT2D eigenvalue weighted by Crippen LogP contribution is 2.25.